The first-order chi connectivity index (χ1) is 5.74. The molecule has 1 saturated heterocycles. The van der Waals surface area contributed by atoms with Crippen LogP contribution in [0.4, 0.5) is 0 Å². The molecule has 1 fully saturated rings. The van der Waals surface area contributed by atoms with E-state index in [0.717, 1.165) is 13.1 Å². The summed E-state index contributed by atoms with van der Waals surface area (Å²) in [6, 6.07) is 0. The van der Waals surface area contributed by atoms with E-state index in [1.807, 2.05) is 11.9 Å². The third-order valence-electron chi connectivity index (χ3n) is 2.10. The van der Waals surface area contributed by atoms with Gasteiger partial charge in [-0.05, 0) is 12.8 Å². The summed E-state index contributed by atoms with van der Waals surface area (Å²) in [5.41, 5.74) is 2.88. The maximum Gasteiger partial charge on any atom is 0.237 e. The van der Waals surface area contributed by atoms with Crippen molar-refractivity contribution in [3.63, 3.8) is 0 Å². The molecule has 1 aliphatic rings. The van der Waals surface area contributed by atoms with Crippen LogP contribution in [0.1, 0.15) is 19.8 Å². The Hall–Kier alpha value is -0.220. The summed E-state index contributed by atoms with van der Waals surface area (Å²) < 4.78 is 0. The lowest BCUT2D eigenvalue weighted by Crippen LogP contribution is -2.43. The Bertz CT molecular complexity index is 157. The van der Waals surface area contributed by atoms with Gasteiger partial charge < -0.3 is 0 Å². The zero-order chi connectivity index (χ0) is 8.97. The van der Waals surface area contributed by atoms with Gasteiger partial charge in [0.15, 0.2) is 0 Å². The van der Waals surface area contributed by atoms with Crippen molar-refractivity contribution in [2.24, 2.45) is 5.92 Å². The molecular weight excluding hydrogens is 172 g/mol. The number of thiol groups is 1. The molecule has 0 aromatic heterocycles. The molecule has 12 heavy (non-hydrogen) atoms. The number of carbonyl (C=O) groups is 1. The molecule has 1 N–H and O–H groups in total. The highest BCUT2D eigenvalue weighted by Gasteiger charge is 2.17. The predicted octanol–water partition coefficient (Wildman–Crippen LogP) is 0.679. The number of nitrogens with zero attached hydrogens (tertiary/aromatic N) is 1. The zero-order valence-electron chi connectivity index (χ0n) is 7.42. The molecule has 1 amide bonds. The lowest BCUT2D eigenvalue weighted by molar-refractivity contribution is -0.128. The predicted molar refractivity (Wildman–Crippen MR) is 52.0 cm³/mol. The normalized spacial score (nSPS) is 20.8. The average molecular weight is 188 g/mol. The van der Waals surface area contributed by atoms with Crippen molar-refractivity contribution in [2.75, 3.05) is 18.8 Å². The van der Waals surface area contributed by atoms with Crippen molar-refractivity contribution in [3.8, 4) is 0 Å². The van der Waals surface area contributed by atoms with Gasteiger partial charge in [-0.3, -0.25) is 10.2 Å². The van der Waals surface area contributed by atoms with E-state index in [0.29, 0.717) is 5.75 Å². The van der Waals surface area contributed by atoms with E-state index < -0.39 is 0 Å². The number of rotatable bonds is 3. The summed E-state index contributed by atoms with van der Waals surface area (Å²) in [5, 5.41) is 1.99. The summed E-state index contributed by atoms with van der Waals surface area (Å²) >= 11 is 4.07. The van der Waals surface area contributed by atoms with E-state index in [4.69, 9.17) is 0 Å². The molecule has 1 atom stereocenters. The van der Waals surface area contributed by atoms with E-state index in [1.165, 1.54) is 12.8 Å². The molecule has 1 rings (SSSR count). The minimum absolute atomic E-state index is 0.00827. The number of nitrogens with one attached hydrogen (secondary N) is 1. The van der Waals surface area contributed by atoms with Crippen LogP contribution in [-0.4, -0.2) is 29.8 Å². The van der Waals surface area contributed by atoms with Crippen LogP contribution in [0.15, 0.2) is 0 Å². The van der Waals surface area contributed by atoms with Crippen LogP contribution in [0.2, 0.25) is 0 Å². The smallest absolute Gasteiger partial charge is 0.237 e. The maximum atomic E-state index is 11.3. The van der Waals surface area contributed by atoms with E-state index in [9.17, 15) is 4.79 Å². The summed E-state index contributed by atoms with van der Waals surface area (Å²) in [7, 11) is 0. The highest BCUT2D eigenvalue weighted by atomic mass is 32.1. The monoisotopic (exact) mass is 188 g/mol. The highest BCUT2D eigenvalue weighted by Crippen LogP contribution is 2.05. The Morgan fingerprint density at radius 3 is 2.67 bits per heavy atom. The fourth-order valence-electron chi connectivity index (χ4n) is 1.18. The van der Waals surface area contributed by atoms with Gasteiger partial charge in [-0.25, -0.2) is 5.01 Å². The van der Waals surface area contributed by atoms with Crippen LogP contribution >= 0.6 is 12.6 Å². The zero-order valence-corrected chi connectivity index (χ0v) is 8.31. The standard InChI is InChI=1S/C8H16N2OS/c1-7(6-12)8(11)9-10-4-2-3-5-10/h7,12H,2-6H2,1H3,(H,9,11). The van der Waals surface area contributed by atoms with Crippen LogP contribution in [0.5, 0.6) is 0 Å². The van der Waals surface area contributed by atoms with Gasteiger partial charge >= 0.3 is 0 Å². The second kappa shape index (κ2) is 4.72. The first kappa shape index (κ1) is 9.86. The summed E-state index contributed by atoms with van der Waals surface area (Å²) in [4.78, 5) is 11.3. The molecule has 0 aromatic carbocycles. The van der Waals surface area contributed by atoms with Crippen LogP contribution in [-0.2, 0) is 4.79 Å². The van der Waals surface area contributed by atoms with Gasteiger partial charge in [0.1, 0.15) is 0 Å². The van der Waals surface area contributed by atoms with Crippen molar-refractivity contribution in [3.05, 3.63) is 0 Å². The van der Waals surface area contributed by atoms with Crippen molar-refractivity contribution in [1.29, 1.82) is 0 Å². The van der Waals surface area contributed by atoms with Crippen LogP contribution in [0.3, 0.4) is 0 Å². The third-order valence-corrected chi connectivity index (χ3v) is 2.64. The Labute approximate surface area is 78.9 Å². The van der Waals surface area contributed by atoms with Crippen molar-refractivity contribution in [1.82, 2.24) is 10.4 Å². The fraction of sp³-hybridized carbons (Fsp3) is 0.875. The van der Waals surface area contributed by atoms with E-state index in [2.05, 4.69) is 18.1 Å². The van der Waals surface area contributed by atoms with E-state index in [-0.39, 0.29) is 11.8 Å². The van der Waals surface area contributed by atoms with Crippen LogP contribution in [0, 0.1) is 5.92 Å². The number of carbonyl (C=O) groups excluding carboxylic acids is 1. The molecular formula is C8H16N2OS. The van der Waals surface area contributed by atoms with Crippen molar-refractivity contribution >= 4 is 18.5 Å². The third kappa shape index (κ3) is 2.68. The van der Waals surface area contributed by atoms with E-state index in [1.54, 1.807) is 0 Å². The van der Waals surface area contributed by atoms with Gasteiger partial charge in [0.2, 0.25) is 5.91 Å². The van der Waals surface area contributed by atoms with Gasteiger partial charge in [0.05, 0.1) is 0 Å². The van der Waals surface area contributed by atoms with E-state index >= 15 is 0 Å². The Morgan fingerprint density at radius 2 is 2.17 bits per heavy atom. The van der Waals surface area contributed by atoms with Gasteiger partial charge in [0.25, 0.3) is 0 Å². The summed E-state index contributed by atoms with van der Waals surface area (Å²) in [5.74, 6) is 0.709. The number of hydrogen-bond acceptors (Lipinski definition) is 3. The minimum Gasteiger partial charge on any atom is -0.289 e. The molecule has 1 unspecified atom stereocenters. The molecule has 1 aliphatic heterocycles. The number of hydrazine groups is 1. The molecule has 0 radical (unpaired) electrons. The lowest BCUT2D eigenvalue weighted by atomic mass is 10.2. The molecule has 0 aliphatic carbocycles. The Morgan fingerprint density at radius 1 is 1.58 bits per heavy atom. The quantitative estimate of drug-likeness (QED) is 0.638. The Balaban J connectivity index is 2.25. The van der Waals surface area contributed by atoms with Gasteiger partial charge in [-0.1, -0.05) is 6.92 Å². The molecule has 4 heteroatoms. The number of hydrogen-bond donors (Lipinski definition) is 2. The van der Waals surface area contributed by atoms with Gasteiger partial charge in [-0.2, -0.15) is 12.6 Å². The molecule has 0 spiro atoms. The van der Waals surface area contributed by atoms with Crippen molar-refractivity contribution < 1.29 is 4.79 Å². The minimum atomic E-state index is 0.00827. The molecule has 0 bridgehead atoms. The topological polar surface area (TPSA) is 32.3 Å². The van der Waals surface area contributed by atoms with Crippen LogP contribution < -0.4 is 5.43 Å². The maximum absolute atomic E-state index is 11.3. The summed E-state index contributed by atoms with van der Waals surface area (Å²) in [6.45, 7) is 3.87. The molecule has 0 saturated carbocycles. The second-order valence-corrected chi connectivity index (χ2v) is 3.62. The SMILES string of the molecule is CC(CS)C(=O)NN1CCCC1. The highest BCUT2D eigenvalue weighted by molar-refractivity contribution is 7.80. The molecule has 3 nitrogen and oxygen atoms in total. The molecule has 1 heterocycles. The summed E-state index contributed by atoms with van der Waals surface area (Å²) in [6.07, 6.45) is 2.38. The lowest BCUT2D eigenvalue weighted by Gasteiger charge is -2.18. The second-order valence-electron chi connectivity index (χ2n) is 3.25. The van der Waals surface area contributed by atoms with Crippen LogP contribution in [0.25, 0.3) is 0 Å². The molecule has 70 valence electrons. The fourth-order valence-corrected chi connectivity index (χ4v) is 1.34. The van der Waals surface area contributed by atoms with Gasteiger partial charge in [-0.15, -0.1) is 0 Å². The largest absolute Gasteiger partial charge is 0.289 e. The molecule has 0 aromatic rings. The average Bonchev–Trinajstić information content (AvgIpc) is 2.55. The first-order valence-corrected chi connectivity index (χ1v) is 5.03. The first-order valence-electron chi connectivity index (χ1n) is 4.40. The Kier molecular flexibility index (Phi) is 3.88. The number of amides is 1. The van der Waals surface area contributed by atoms with Gasteiger partial charge in [0, 0.05) is 24.8 Å². The van der Waals surface area contributed by atoms with Crippen molar-refractivity contribution in [2.45, 2.75) is 19.8 Å².